The number of phenols is 1. The van der Waals surface area contributed by atoms with Gasteiger partial charge in [-0.2, -0.15) is 0 Å². The van der Waals surface area contributed by atoms with Gasteiger partial charge >= 0.3 is 5.97 Å². The summed E-state index contributed by atoms with van der Waals surface area (Å²) in [5, 5.41) is 13.2. The zero-order chi connectivity index (χ0) is 20.0. The summed E-state index contributed by atoms with van der Waals surface area (Å²) < 4.78 is 8.37. The number of halogens is 1. The van der Waals surface area contributed by atoms with E-state index in [0.717, 1.165) is 37.5 Å². The first-order chi connectivity index (χ1) is 13.5. The van der Waals surface area contributed by atoms with E-state index in [1.54, 1.807) is 6.92 Å². The maximum atomic E-state index is 12.9. The van der Waals surface area contributed by atoms with Gasteiger partial charge in [0.15, 0.2) is 0 Å². The fraction of sp³-hybridized carbons (Fsp3) is 0.174. The van der Waals surface area contributed by atoms with Gasteiger partial charge in [-0.15, -0.1) is 0 Å². The number of hydrogen-bond acceptors (Lipinski definition) is 3. The number of esters is 1. The molecule has 0 radical (unpaired) electrons. The molecular weight excluding hydrogens is 418 g/mol. The van der Waals surface area contributed by atoms with Crippen LogP contribution in [0.2, 0.25) is 0 Å². The van der Waals surface area contributed by atoms with E-state index in [0.29, 0.717) is 17.7 Å². The minimum absolute atomic E-state index is 0.194. The van der Waals surface area contributed by atoms with Crippen LogP contribution < -0.4 is 0 Å². The van der Waals surface area contributed by atoms with Crippen LogP contribution in [0, 0.1) is 13.8 Å². The lowest BCUT2D eigenvalue weighted by atomic mass is 9.98. The number of hydrogen-bond donors (Lipinski definition) is 1. The Hall–Kier alpha value is -2.79. The summed E-state index contributed by atoms with van der Waals surface area (Å²) in [4.78, 5) is 12.9. The summed E-state index contributed by atoms with van der Waals surface area (Å²) >= 11 is 3.54. The van der Waals surface area contributed by atoms with E-state index < -0.39 is 0 Å². The third kappa shape index (κ3) is 2.69. The summed E-state index contributed by atoms with van der Waals surface area (Å²) in [5.74, 6) is -0.184. The number of aryl methyl sites for hydroxylation is 1. The van der Waals surface area contributed by atoms with Crippen LogP contribution >= 0.6 is 15.9 Å². The number of rotatable bonds is 3. The van der Waals surface area contributed by atoms with E-state index in [2.05, 4.69) is 20.5 Å². The molecule has 5 heteroatoms. The predicted molar refractivity (Wildman–Crippen MR) is 116 cm³/mol. The van der Waals surface area contributed by atoms with Gasteiger partial charge < -0.3 is 14.4 Å². The Labute approximate surface area is 171 Å². The van der Waals surface area contributed by atoms with Crippen LogP contribution in [-0.4, -0.2) is 22.2 Å². The van der Waals surface area contributed by atoms with Crippen molar-refractivity contribution in [3.8, 4) is 11.4 Å². The van der Waals surface area contributed by atoms with E-state index >= 15 is 0 Å². The van der Waals surface area contributed by atoms with E-state index in [4.69, 9.17) is 4.74 Å². The molecule has 142 valence electrons. The summed E-state index contributed by atoms with van der Waals surface area (Å²) in [5.41, 5.74) is 3.78. The van der Waals surface area contributed by atoms with Crippen molar-refractivity contribution in [2.75, 3.05) is 6.61 Å². The zero-order valence-corrected chi connectivity index (χ0v) is 17.5. The van der Waals surface area contributed by atoms with Crippen LogP contribution in [0.4, 0.5) is 0 Å². The summed E-state index contributed by atoms with van der Waals surface area (Å²) in [6.45, 7) is 5.84. The molecule has 0 saturated carbocycles. The smallest absolute Gasteiger partial charge is 0.340 e. The first-order valence-corrected chi connectivity index (χ1v) is 9.93. The molecule has 1 N–H and O–H groups in total. The molecule has 4 aromatic rings. The average Bonchev–Trinajstić information content (AvgIpc) is 2.99. The molecule has 0 unspecified atom stereocenters. The van der Waals surface area contributed by atoms with Crippen LogP contribution in [0.3, 0.4) is 0 Å². The highest BCUT2D eigenvalue weighted by Gasteiger charge is 2.26. The van der Waals surface area contributed by atoms with Crippen LogP contribution in [0.5, 0.6) is 5.75 Å². The first-order valence-electron chi connectivity index (χ1n) is 9.14. The van der Waals surface area contributed by atoms with Crippen molar-refractivity contribution in [1.29, 1.82) is 0 Å². The molecule has 0 saturated heterocycles. The lowest BCUT2D eigenvalue weighted by Crippen LogP contribution is -2.07. The highest BCUT2D eigenvalue weighted by atomic mass is 79.9. The van der Waals surface area contributed by atoms with E-state index in [-0.39, 0.29) is 11.7 Å². The fourth-order valence-corrected chi connectivity index (χ4v) is 4.31. The van der Waals surface area contributed by atoms with E-state index in [1.165, 1.54) is 0 Å². The van der Waals surface area contributed by atoms with Gasteiger partial charge in [-0.25, -0.2) is 4.79 Å². The van der Waals surface area contributed by atoms with Gasteiger partial charge in [-0.05, 0) is 39.0 Å². The number of ether oxygens (including phenoxy) is 1. The molecule has 28 heavy (non-hydrogen) atoms. The maximum absolute atomic E-state index is 12.9. The molecule has 0 fully saturated rings. The molecule has 3 aromatic carbocycles. The Morgan fingerprint density at radius 1 is 1.11 bits per heavy atom. The predicted octanol–water partition coefficient (Wildman–Crippen LogP) is 6.05. The number of nitrogens with zero attached hydrogens (tertiary/aromatic N) is 1. The number of aromatic hydroxyl groups is 1. The molecule has 0 aliphatic rings. The lowest BCUT2D eigenvalue weighted by molar-refractivity contribution is 0.0527. The molecule has 0 bridgehead atoms. The topological polar surface area (TPSA) is 51.5 Å². The van der Waals surface area contributed by atoms with Gasteiger partial charge in [0.1, 0.15) is 5.75 Å². The van der Waals surface area contributed by atoms with E-state index in [9.17, 15) is 9.90 Å². The zero-order valence-electron chi connectivity index (χ0n) is 15.9. The van der Waals surface area contributed by atoms with E-state index in [1.807, 2.05) is 62.4 Å². The molecular formula is C23H20BrNO3. The van der Waals surface area contributed by atoms with Crippen molar-refractivity contribution in [2.45, 2.75) is 20.8 Å². The maximum Gasteiger partial charge on any atom is 0.340 e. The van der Waals surface area contributed by atoms with Gasteiger partial charge in [-0.3, -0.25) is 0 Å². The molecule has 4 rings (SSSR count). The Balaban J connectivity index is 2.26. The molecule has 0 atom stereocenters. The lowest BCUT2D eigenvalue weighted by Gasteiger charge is -2.13. The van der Waals surface area contributed by atoms with Gasteiger partial charge in [-0.1, -0.05) is 46.3 Å². The summed E-state index contributed by atoms with van der Waals surface area (Å²) in [6.07, 6.45) is 0. The number of carbonyl (C=O) groups excluding carboxylic acids is 1. The van der Waals surface area contributed by atoms with Crippen molar-refractivity contribution in [2.24, 2.45) is 0 Å². The molecule has 1 aromatic heterocycles. The quantitative estimate of drug-likeness (QED) is 0.397. The van der Waals surface area contributed by atoms with Gasteiger partial charge in [0, 0.05) is 37.6 Å². The highest BCUT2D eigenvalue weighted by Crippen LogP contribution is 2.42. The number of phenolic OH excluding ortho intramolecular Hbond substituents is 1. The largest absolute Gasteiger partial charge is 0.507 e. The standard InChI is InChI=1S/C23H20BrNO3/c1-4-28-23(27)20-14(3)25(16-9-7-8-15(24)12-16)21-17-10-5-6-11-18(17)22(26)13(2)19(20)21/h5-12,26H,4H2,1-3H3. The highest BCUT2D eigenvalue weighted by molar-refractivity contribution is 9.10. The summed E-state index contributed by atoms with van der Waals surface area (Å²) in [7, 11) is 0. The third-order valence-corrected chi connectivity index (χ3v) is 5.61. The number of benzene rings is 3. The number of aromatic nitrogens is 1. The Bertz CT molecular complexity index is 1240. The molecule has 0 aliphatic carbocycles. The van der Waals surface area contributed by atoms with Crippen molar-refractivity contribution >= 4 is 43.6 Å². The summed E-state index contributed by atoms with van der Waals surface area (Å²) in [6, 6.07) is 15.7. The van der Waals surface area contributed by atoms with Crippen LogP contribution in [0.1, 0.15) is 28.5 Å². The molecule has 1 heterocycles. The van der Waals surface area contributed by atoms with Crippen molar-refractivity contribution in [1.82, 2.24) is 4.57 Å². The minimum Gasteiger partial charge on any atom is -0.507 e. The second-order valence-corrected chi connectivity index (χ2v) is 7.65. The van der Waals surface area contributed by atoms with Crippen LogP contribution in [0.15, 0.2) is 53.0 Å². The Kier molecular flexibility index (Phi) is 4.63. The Morgan fingerprint density at radius 2 is 1.82 bits per heavy atom. The van der Waals surface area contributed by atoms with Gasteiger partial charge in [0.05, 0.1) is 17.7 Å². The molecule has 0 amide bonds. The van der Waals surface area contributed by atoms with Gasteiger partial charge in [0.2, 0.25) is 0 Å². The number of fused-ring (bicyclic) bond motifs is 3. The first kappa shape index (κ1) is 18.6. The second kappa shape index (κ2) is 6.99. The van der Waals surface area contributed by atoms with Crippen molar-refractivity contribution < 1.29 is 14.6 Å². The monoisotopic (exact) mass is 437 g/mol. The third-order valence-electron chi connectivity index (χ3n) is 5.12. The SMILES string of the molecule is CCOC(=O)c1c(C)n(-c2cccc(Br)c2)c2c1c(C)c(O)c1ccccc12. The van der Waals surface area contributed by atoms with Crippen molar-refractivity contribution in [3.05, 3.63) is 69.8 Å². The van der Waals surface area contributed by atoms with Crippen LogP contribution in [0.25, 0.3) is 27.4 Å². The normalized spacial score (nSPS) is 11.3. The fourth-order valence-electron chi connectivity index (χ4n) is 3.92. The average molecular weight is 438 g/mol. The molecule has 4 nitrogen and oxygen atoms in total. The minimum atomic E-state index is -0.378. The van der Waals surface area contributed by atoms with Crippen molar-refractivity contribution in [3.63, 3.8) is 0 Å². The second-order valence-electron chi connectivity index (χ2n) is 6.74. The van der Waals surface area contributed by atoms with Crippen LogP contribution in [-0.2, 0) is 4.74 Å². The van der Waals surface area contributed by atoms with Gasteiger partial charge in [0.25, 0.3) is 0 Å². The molecule has 0 spiro atoms. The Morgan fingerprint density at radius 3 is 2.50 bits per heavy atom. The number of carbonyl (C=O) groups is 1. The molecule has 0 aliphatic heterocycles.